The van der Waals surface area contributed by atoms with Gasteiger partial charge in [-0.3, -0.25) is 5.41 Å². The zero-order valence-electron chi connectivity index (χ0n) is 20.0. The van der Waals surface area contributed by atoms with E-state index in [9.17, 15) is 15.0 Å². The summed E-state index contributed by atoms with van der Waals surface area (Å²) in [6.07, 6.45) is 9.73. The van der Waals surface area contributed by atoms with E-state index in [0.717, 1.165) is 51.4 Å². The monoisotopic (exact) mass is 433 g/mol. The Morgan fingerprint density at radius 2 is 1.74 bits per heavy atom. The maximum Gasteiger partial charge on any atom is 0.355 e. The number of aliphatic hydroxyl groups is 2. The van der Waals surface area contributed by atoms with Gasteiger partial charge in [0, 0.05) is 5.41 Å². The first-order valence-electron chi connectivity index (χ1n) is 12.8. The minimum Gasteiger partial charge on any atom is -0.461 e. The Bertz CT molecular complexity index is 724. The molecule has 4 aliphatic rings. The highest BCUT2D eigenvalue weighted by Gasteiger charge is 2.67. The third-order valence-electron chi connectivity index (χ3n) is 10.1. The summed E-state index contributed by atoms with van der Waals surface area (Å²) in [5.74, 6) is 2.49. The number of esters is 1. The summed E-state index contributed by atoms with van der Waals surface area (Å²) in [4.78, 5) is 12.4. The lowest BCUT2D eigenvalue weighted by Crippen LogP contribution is -2.58. The second-order valence-electron chi connectivity index (χ2n) is 11.7. The van der Waals surface area contributed by atoms with E-state index in [1.54, 1.807) is 6.92 Å². The SMILES string of the molecule is CCC[C@@]1(O)CC[C@H]2[C@H](CC[C@@H]3[C@@H]2CC[C@@]2(C)[C@H]3[C@H](C)CC2(O)C(=N)C(=O)OCC)C1. The van der Waals surface area contributed by atoms with Crippen molar-refractivity contribution in [2.75, 3.05) is 6.61 Å². The van der Waals surface area contributed by atoms with Gasteiger partial charge in [0.05, 0.1) is 12.2 Å². The molecule has 0 saturated heterocycles. The van der Waals surface area contributed by atoms with Gasteiger partial charge in [0.1, 0.15) is 11.3 Å². The molecule has 5 heteroatoms. The van der Waals surface area contributed by atoms with Crippen LogP contribution in [0.5, 0.6) is 0 Å². The Hall–Kier alpha value is -0.940. The maximum absolute atomic E-state index is 12.4. The van der Waals surface area contributed by atoms with Gasteiger partial charge in [-0.05, 0) is 100 Å². The minimum absolute atomic E-state index is 0.227. The van der Waals surface area contributed by atoms with Gasteiger partial charge in [-0.25, -0.2) is 4.79 Å². The predicted octanol–water partition coefficient (Wildman–Crippen LogP) is 4.73. The van der Waals surface area contributed by atoms with Crippen molar-refractivity contribution in [2.45, 2.75) is 103 Å². The third-order valence-corrected chi connectivity index (χ3v) is 10.1. The highest BCUT2D eigenvalue weighted by Crippen LogP contribution is 2.67. The van der Waals surface area contributed by atoms with Crippen molar-refractivity contribution in [1.29, 1.82) is 5.41 Å². The van der Waals surface area contributed by atoms with E-state index in [2.05, 4.69) is 20.8 Å². The van der Waals surface area contributed by atoms with E-state index in [0.29, 0.717) is 36.0 Å². The number of carbonyl (C=O) groups excluding carboxylic acids is 1. The molecule has 0 bridgehead atoms. The van der Waals surface area contributed by atoms with Gasteiger partial charge in [0.25, 0.3) is 0 Å². The van der Waals surface area contributed by atoms with Crippen LogP contribution in [0.1, 0.15) is 91.9 Å². The summed E-state index contributed by atoms with van der Waals surface area (Å²) in [5.41, 5.74) is -2.52. The number of hydrogen-bond donors (Lipinski definition) is 3. The molecule has 0 amide bonds. The van der Waals surface area contributed by atoms with E-state index >= 15 is 0 Å². The highest BCUT2D eigenvalue weighted by molar-refractivity contribution is 6.38. The number of hydrogen-bond acceptors (Lipinski definition) is 5. The van der Waals surface area contributed by atoms with Crippen LogP contribution in [0.3, 0.4) is 0 Å². The normalized spacial score (nSPS) is 49.0. The largest absolute Gasteiger partial charge is 0.461 e. The molecule has 4 fully saturated rings. The molecular formula is C26H43NO4. The van der Waals surface area contributed by atoms with Crippen molar-refractivity contribution in [1.82, 2.24) is 0 Å². The first-order valence-corrected chi connectivity index (χ1v) is 12.8. The van der Waals surface area contributed by atoms with Gasteiger partial charge in [-0.2, -0.15) is 0 Å². The van der Waals surface area contributed by atoms with Crippen LogP contribution in [0.4, 0.5) is 0 Å². The topological polar surface area (TPSA) is 90.6 Å². The van der Waals surface area contributed by atoms with E-state index in [1.165, 1.54) is 6.42 Å². The molecule has 9 atom stereocenters. The molecule has 3 N–H and O–H groups in total. The van der Waals surface area contributed by atoms with Gasteiger partial charge in [0.2, 0.25) is 0 Å². The Labute approximate surface area is 187 Å². The van der Waals surface area contributed by atoms with Crippen molar-refractivity contribution < 1.29 is 19.7 Å². The number of rotatable bonds is 5. The van der Waals surface area contributed by atoms with Crippen LogP contribution < -0.4 is 0 Å². The molecule has 0 heterocycles. The van der Waals surface area contributed by atoms with Crippen LogP contribution in [0, 0.1) is 46.3 Å². The molecule has 5 nitrogen and oxygen atoms in total. The second kappa shape index (κ2) is 8.13. The van der Waals surface area contributed by atoms with Crippen LogP contribution in [-0.2, 0) is 9.53 Å². The molecule has 4 rings (SSSR count). The lowest BCUT2D eigenvalue weighted by atomic mass is 9.47. The van der Waals surface area contributed by atoms with Gasteiger partial charge < -0.3 is 14.9 Å². The molecule has 0 radical (unpaired) electrons. The Balaban J connectivity index is 1.56. The van der Waals surface area contributed by atoms with Crippen molar-refractivity contribution in [2.24, 2.45) is 40.9 Å². The molecule has 0 spiro atoms. The molecule has 0 aromatic heterocycles. The Morgan fingerprint density at radius 3 is 2.42 bits per heavy atom. The van der Waals surface area contributed by atoms with Gasteiger partial charge >= 0.3 is 5.97 Å². The molecule has 4 saturated carbocycles. The van der Waals surface area contributed by atoms with Crippen molar-refractivity contribution in [3.05, 3.63) is 0 Å². The van der Waals surface area contributed by atoms with Crippen LogP contribution in [-0.4, -0.2) is 39.7 Å². The van der Waals surface area contributed by atoms with Crippen LogP contribution in [0.25, 0.3) is 0 Å². The van der Waals surface area contributed by atoms with E-state index in [4.69, 9.17) is 10.1 Å². The molecule has 1 unspecified atom stereocenters. The zero-order chi connectivity index (χ0) is 22.6. The number of carbonyl (C=O) groups is 1. The quantitative estimate of drug-likeness (QED) is 0.432. The van der Waals surface area contributed by atoms with Crippen molar-refractivity contribution >= 4 is 11.7 Å². The number of ether oxygens (including phenoxy) is 1. The predicted molar refractivity (Wildman–Crippen MR) is 121 cm³/mol. The molecule has 4 aliphatic carbocycles. The average Bonchev–Trinajstić information content (AvgIpc) is 2.93. The minimum atomic E-state index is -1.39. The summed E-state index contributed by atoms with van der Waals surface area (Å²) in [6.45, 7) is 8.49. The highest BCUT2D eigenvalue weighted by atomic mass is 16.5. The van der Waals surface area contributed by atoms with Crippen LogP contribution >= 0.6 is 0 Å². The smallest absolute Gasteiger partial charge is 0.355 e. The van der Waals surface area contributed by atoms with Crippen molar-refractivity contribution in [3.63, 3.8) is 0 Å². The van der Waals surface area contributed by atoms with Gasteiger partial charge in [0.15, 0.2) is 0 Å². The van der Waals surface area contributed by atoms with E-state index < -0.39 is 22.6 Å². The second-order valence-corrected chi connectivity index (χ2v) is 11.7. The van der Waals surface area contributed by atoms with Gasteiger partial charge in [-0.15, -0.1) is 0 Å². The molecule has 0 aromatic rings. The average molecular weight is 434 g/mol. The fraction of sp³-hybridized carbons (Fsp3) is 0.923. The fourth-order valence-electron chi connectivity index (χ4n) is 9.02. The Morgan fingerprint density at radius 1 is 1.03 bits per heavy atom. The van der Waals surface area contributed by atoms with Crippen molar-refractivity contribution in [3.8, 4) is 0 Å². The third kappa shape index (κ3) is 3.49. The standard InChI is InChI=1S/C26H43NO4/c1-5-11-25(29)13-10-18-17(15-25)7-8-20-19(18)9-12-24(4)21(20)16(3)14-26(24,30)22(27)23(28)31-6-2/h16-21,27,29-30H,5-15H2,1-4H3/t16-,17-,18+,19-,20-,21+,24+,25-,26?/m1/s1. The molecule has 176 valence electrons. The van der Waals surface area contributed by atoms with E-state index in [-0.39, 0.29) is 18.2 Å². The molecular weight excluding hydrogens is 390 g/mol. The number of fused-ring (bicyclic) bond motifs is 5. The van der Waals surface area contributed by atoms with Gasteiger partial charge in [-0.1, -0.05) is 27.2 Å². The summed E-state index contributed by atoms with van der Waals surface area (Å²) < 4.78 is 5.11. The summed E-state index contributed by atoms with van der Waals surface area (Å²) in [6, 6.07) is 0. The zero-order valence-corrected chi connectivity index (χ0v) is 20.0. The lowest BCUT2D eigenvalue weighted by Gasteiger charge is -2.58. The Kier molecular flexibility index (Phi) is 6.09. The number of nitrogens with one attached hydrogen (secondary N) is 1. The first kappa shape index (κ1) is 23.2. The molecule has 31 heavy (non-hydrogen) atoms. The summed E-state index contributed by atoms with van der Waals surface area (Å²) in [7, 11) is 0. The molecule has 0 aromatic carbocycles. The summed E-state index contributed by atoms with van der Waals surface area (Å²) >= 11 is 0. The van der Waals surface area contributed by atoms with E-state index in [1.807, 2.05) is 0 Å². The maximum atomic E-state index is 12.4. The lowest BCUT2D eigenvalue weighted by molar-refractivity contribution is -0.141. The van der Waals surface area contributed by atoms with Crippen LogP contribution in [0.2, 0.25) is 0 Å². The fourth-order valence-corrected chi connectivity index (χ4v) is 9.02. The first-order chi connectivity index (χ1) is 14.6. The van der Waals surface area contributed by atoms with Crippen LogP contribution in [0.15, 0.2) is 0 Å². The molecule has 0 aliphatic heterocycles. The summed E-state index contributed by atoms with van der Waals surface area (Å²) in [5, 5.41) is 31.4.